The number of amides is 2. The summed E-state index contributed by atoms with van der Waals surface area (Å²) in [7, 11) is 0. The van der Waals surface area contributed by atoms with Gasteiger partial charge in [-0.05, 0) is 49.3 Å². The Morgan fingerprint density at radius 2 is 1.97 bits per heavy atom. The Morgan fingerprint density at radius 1 is 1.20 bits per heavy atom. The van der Waals surface area contributed by atoms with Crippen molar-refractivity contribution in [1.82, 2.24) is 19.7 Å². The van der Waals surface area contributed by atoms with Crippen molar-refractivity contribution < 1.29 is 27.8 Å². The summed E-state index contributed by atoms with van der Waals surface area (Å²) in [6.07, 6.45) is 6.74. The quantitative estimate of drug-likeness (QED) is 0.481. The third kappa shape index (κ3) is 4.50. The Labute approximate surface area is 199 Å². The number of halogens is 2. The number of fused-ring (bicyclic) bond motifs is 1. The second-order valence-corrected chi connectivity index (χ2v) is 9.23. The molecule has 0 saturated heterocycles. The van der Waals surface area contributed by atoms with E-state index in [9.17, 15) is 18.4 Å². The predicted molar refractivity (Wildman–Crippen MR) is 121 cm³/mol. The minimum absolute atomic E-state index is 0.0378. The topological polar surface area (TPSA) is 121 Å². The van der Waals surface area contributed by atoms with Gasteiger partial charge >= 0.3 is 0 Å². The lowest BCUT2D eigenvalue weighted by Crippen LogP contribution is -2.58. The van der Waals surface area contributed by atoms with E-state index >= 15 is 0 Å². The molecule has 0 unspecified atom stereocenters. The number of carbonyl (C=O) groups is 2. The van der Waals surface area contributed by atoms with Crippen LogP contribution in [0.1, 0.15) is 46.5 Å². The van der Waals surface area contributed by atoms with Crippen LogP contribution in [-0.2, 0) is 0 Å². The molecule has 3 aromatic heterocycles. The van der Waals surface area contributed by atoms with Crippen LogP contribution in [0, 0.1) is 5.41 Å². The second-order valence-electron chi connectivity index (χ2n) is 9.23. The van der Waals surface area contributed by atoms with Crippen LogP contribution < -0.4 is 20.5 Å². The maximum Gasteiger partial charge on any atom is 0.270 e. The number of rotatable bonds is 9. The number of carbonyl (C=O) groups excluding carboxylic acids is 2. The smallest absolute Gasteiger partial charge is 0.270 e. The monoisotopic (exact) mass is 485 g/mol. The van der Waals surface area contributed by atoms with Gasteiger partial charge in [-0.1, -0.05) is 0 Å². The number of imidazole rings is 1. The highest BCUT2D eigenvalue weighted by Gasteiger charge is 2.54. The van der Waals surface area contributed by atoms with Crippen molar-refractivity contribution in [2.75, 3.05) is 13.3 Å². The maximum atomic E-state index is 12.8. The summed E-state index contributed by atoms with van der Waals surface area (Å²) in [6.45, 7) is -1.87. The Balaban J connectivity index is 1.14. The summed E-state index contributed by atoms with van der Waals surface area (Å²) in [5.41, 5.74) is 6.58. The second kappa shape index (κ2) is 9.12. The molecule has 184 valence electrons. The average Bonchev–Trinajstić information content (AvgIpc) is 3.23. The van der Waals surface area contributed by atoms with Gasteiger partial charge in [0.2, 0.25) is 5.88 Å². The number of ether oxygens (including phenoxy) is 2. The molecule has 1 spiro atoms. The van der Waals surface area contributed by atoms with Crippen LogP contribution >= 0.6 is 0 Å². The van der Waals surface area contributed by atoms with Gasteiger partial charge in [0, 0.05) is 24.5 Å². The molecule has 0 aliphatic heterocycles. The van der Waals surface area contributed by atoms with Crippen LogP contribution in [0.25, 0.3) is 5.65 Å². The van der Waals surface area contributed by atoms with Crippen LogP contribution in [0.15, 0.2) is 42.9 Å². The van der Waals surface area contributed by atoms with Gasteiger partial charge in [0.15, 0.2) is 6.10 Å². The molecular weight excluding hydrogens is 460 g/mol. The van der Waals surface area contributed by atoms with Crippen molar-refractivity contribution in [3.63, 3.8) is 0 Å². The first-order valence-corrected chi connectivity index (χ1v) is 11.4. The number of nitrogens with one attached hydrogen (secondary N) is 1. The minimum atomic E-state index is -1.16. The zero-order chi connectivity index (χ0) is 24.6. The predicted octanol–water partition coefficient (Wildman–Crippen LogP) is 2.63. The Morgan fingerprint density at radius 3 is 2.69 bits per heavy atom. The number of nitrogens with two attached hydrogens (primary N) is 1. The fourth-order valence-corrected chi connectivity index (χ4v) is 5.00. The highest BCUT2D eigenvalue weighted by Crippen LogP contribution is 2.56. The molecule has 0 atom stereocenters. The lowest BCUT2D eigenvalue weighted by atomic mass is 9.53. The molecule has 3 heterocycles. The van der Waals surface area contributed by atoms with E-state index in [1.807, 2.05) is 0 Å². The zero-order valence-corrected chi connectivity index (χ0v) is 18.8. The van der Waals surface area contributed by atoms with Crippen molar-refractivity contribution >= 4 is 17.5 Å². The van der Waals surface area contributed by atoms with Gasteiger partial charge < -0.3 is 20.5 Å². The maximum absolute atomic E-state index is 12.8. The molecule has 11 heteroatoms. The molecular formula is C24H25F2N5O4. The van der Waals surface area contributed by atoms with E-state index in [4.69, 9.17) is 15.2 Å². The number of alkyl halides is 2. The summed E-state index contributed by atoms with van der Waals surface area (Å²) >= 11 is 0. The molecule has 2 fully saturated rings. The van der Waals surface area contributed by atoms with Gasteiger partial charge in [-0.15, -0.1) is 0 Å². The summed E-state index contributed by atoms with van der Waals surface area (Å²) in [5, 5.41) is 3.04. The third-order valence-electron chi connectivity index (χ3n) is 6.69. The van der Waals surface area contributed by atoms with Gasteiger partial charge in [0.05, 0.1) is 6.20 Å². The largest absolute Gasteiger partial charge is 0.485 e. The summed E-state index contributed by atoms with van der Waals surface area (Å²) in [5.74, 6) is -0.279. The Kier molecular flexibility index (Phi) is 6.00. The molecule has 0 bridgehead atoms. The average molecular weight is 485 g/mol. The standard InChI is InChI=1S/C24H25F2N5O4/c25-11-17(12-26)34-15-3-5-31-19(13-29-20(31)6-15)22(33)30-14-7-24(8-14)9-16(10-24)35-23-18(21(27)32)2-1-4-28-23/h1-6,13-14,16-17H,7-12H2,(H2,27,32)(H,30,33). The Bertz CT molecular complexity index is 1250. The first kappa shape index (κ1) is 23.0. The molecule has 3 N–H and O–H groups in total. The van der Waals surface area contributed by atoms with Crippen LogP contribution in [0.5, 0.6) is 11.6 Å². The Hall–Kier alpha value is -3.76. The third-order valence-corrected chi connectivity index (χ3v) is 6.69. The van der Waals surface area contributed by atoms with E-state index in [0.29, 0.717) is 11.3 Å². The minimum Gasteiger partial charge on any atom is -0.485 e. The van der Waals surface area contributed by atoms with E-state index in [2.05, 4.69) is 15.3 Å². The first-order chi connectivity index (χ1) is 16.9. The lowest BCUT2D eigenvalue weighted by molar-refractivity contribution is -0.0848. The molecule has 3 aromatic rings. The van der Waals surface area contributed by atoms with Crippen molar-refractivity contribution in [3.8, 4) is 11.6 Å². The fraction of sp³-hybridized carbons (Fsp3) is 0.417. The number of primary amides is 1. The number of pyridine rings is 2. The van der Waals surface area contributed by atoms with Gasteiger partial charge in [-0.25, -0.2) is 18.7 Å². The van der Waals surface area contributed by atoms with E-state index in [1.165, 1.54) is 12.3 Å². The SMILES string of the molecule is NC(=O)c1cccnc1OC1CC2(CC(NC(=O)c3cnc4cc(OC(CF)CF)ccn34)C2)C1. The number of hydrogen-bond donors (Lipinski definition) is 2. The van der Waals surface area contributed by atoms with Crippen LogP contribution in [0.2, 0.25) is 0 Å². The number of hydrogen-bond acceptors (Lipinski definition) is 6. The number of nitrogens with zero attached hydrogens (tertiary/aromatic N) is 3. The lowest BCUT2D eigenvalue weighted by Gasteiger charge is -2.57. The van der Waals surface area contributed by atoms with E-state index in [-0.39, 0.29) is 40.7 Å². The van der Waals surface area contributed by atoms with Crippen LogP contribution in [0.4, 0.5) is 8.78 Å². The van der Waals surface area contributed by atoms with E-state index < -0.39 is 25.4 Å². The van der Waals surface area contributed by atoms with Crippen LogP contribution in [0.3, 0.4) is 0 Å². The summed E-state index contributed by atoms with van der Waals surface area (Å²) in [6, 6.07) is 6.35. The molecule has 2 aliphatic carbocycles. The first-order valence-electron chi connectivity index (χ1n) is 11.4. The van der Waals surface area contributed by atoms with Crippen molar-refractivity contribution in [3.05, 3.63) is 54.1 Å². The molecule has 9 nitrogen and oxygen atoms in total. The molecule has 2 amide bonds. The van der Waals surface area contributed by atoms with E-state index in [1.54, 1.807) is 35.0 Å². The van der Waals surface area contributed by atoms with E-state index in [0.717, 1.165) is 25.7 Å². The fourth-order valence-electron chi connectivity index (χ4n) is 5.00. The van der Waals surface area contributed by atoms with Crippen molar-refractivity contribution in [1.29, 1.82) is 0 Å². The van der Waals surface area contributed by atoms with Gasteiger partial charge in [-0.2, -0.15) is 0 Å². The van der Waals surface area contributed by atoms with Gasteiger partial charge in [0.25, 0.3) is 11.8 Å². The summed E-state index contributed by atoms with van der Waals surface area (Å²) < 4.78 is 38.2. The highest BCUT2D eigenvalue weighted by atomic mass is 19.1. The zero-order valence-electron chi connectivity index (χ0n) is 18.8. The normalized spacial score (nSPS) is 23.1. The van der Waals surface area contributed by atoms with Crippen molar-refractivity contribution in [2.24, 2.45) is 11.1 Å². The molecule has 2 aliphatic rings. The van der Waals surface area contributed by atoms with Gasteiger partial charge in [0.1, 0.15) is 42.1 Å². The molecule has 35 heavy (non-hydrogen) atoms. The molecule has 0 aromatic carbocycles. The molecule has 0 radical (unpaired) electrons. The highest BCUT2D eigenvalue weighted by molar-refractivity contribution is 5.95. The molecule has 2 saturated carbocycles. The number of aromatic nitrogens is 3. The molecule has 5 rings (SSSR count). The van der Waals surface area contributed by atoms with Crippen LogP contribution in [-0.4, -0.2) is 57.8 Å². The summed E-state index contributed by atoms with van der Waals surface area (Å²) in [4.78, 5) is 32.7. The van der Waals surface area contributed by atoms with Crippen molar-refractivity contribution in [2.45, 2.75) is 43.9 Å². The van der Waals surface area contributed by atoms with Gasteiger partial charge in [-0.3, -0.25) is 14.0 Å².